The first-order valence-electron chi connectivity index (χ1n) is 5.87. The molecule has 0 aliphatic carbocycles. The summed E-state index contributed by atoms with van der Waals surface area (Å²) in [7, 11) is 0. The van der Waals surface area contributed by atoms with Crippen molar-refractivity contribution in [3.63, 3.8) is 0 Å². The van der Waals surface area contributed by atoms with E-state index in [1.807, 2.05) is 0 Å². The predicted octanol–water partition coefficient (Wildman–Crippen LogP) is -0.933. The molecule has 0 saturated heterocycles. The van der Waals surface area contributed by atoms with Crippen LogP contribution in [0.3, 0.4) is 0 Å². The number of hydrogen-bond acceptors (Lipinski definition) is 4. The van der Waals surface area contributed by atoms with Crippen LogP contribution in [-0.2, 0) is 14.4 Å². The Morgan fingerprint density at radius 3 is 2.06 bits per heavy atom. The molecule has 0 aliphatic rings. The lowest BCUT2D eigenvalue weighted by Crippen LogP contribution is -2.44. The molecule has 0 aromatic rings. The van der Waals surface area contributed by atoms with Gasteiger partial charge in [-0.15, -0.1) is 0 Å². The van der Waals surface area contributed by atoms with E-state index < -0.39 is 17.9 Å². The van der Waals surface area contributed by atoms with E-state index in [0.29, 0.717) is 6.54 Å². The molecule has 2 amide bonds. The first-order valence-corrected chi connectivity index (χ1v) is 5.87. The summed E-state index contributed by atoms with van der Waals surface area (Å²) >= 11 is 0. The summed E-state index contributed by atoms with van der Waals surface area (Å²) < 4.78 is 0. The summed E-state index contributed by atoms with van der Waals surface area (Å²) in [5, 5.41) is 13.6. The lowest BCUT2D eigenvalue weighted by Gasteiger charge is -2.12. The Labute approximate surface area is 106 Å². The van der Waals surface area contributed by atoms with E-state index in [1.54, 1.807) is 13.8 Å². The molecular weight excluding hydrogens is 238 g/mol. The van der Waals surface area contributed by atoms with Gasteiger partial charge in [-0.1, -0.05) is 13.8 Å². The number of carboxylic acids is 1. The van der Waals surface area contributed by atoms with Crippen molar-refractivity contribution >= 4 is 17.8 Å². The van der Waals surface area contributed by atoms with Crippen LogP contribution in [-0.4, -0.2) is 42.0 Å². The Hall–Kier alpha value is -1.63. The van der Waals surface area contributed by atoms with E-state index in [1.165, 1.54) is 0 Å². The Kier molecular flexibility index (Phi) is 7.69. The van der Waals surface area contributed by atoms with Gasteiger partial charge in [-0.25, -0.2) is 0 Å². The fourth-order valence-corrected chi connectivity index (χ4v) is 1.12. The number of hydrogen-bond donors (Lipinski definition) is 4. The normalized spacial score (nSPS) is 12.0. The average Bonchev–Trinajstić information content (AvgIpc) is 2.30. The van der Waals surface area contributed by atoms with Gasteiger partial charge in [-0.2, -0.15) is 0 Å². The lowest BCUT2D eigenvalue weighted by molar-refractivity contribution is -0.137. The molecule has 0 rings (SSSR count). The fourth-order valence-electron chi connectivity index (χ4n) is 1.12. The third-order valence-electron chi connectivity index (χ3n) is 2.25. The van der Waals surface area contributed by atoms with Crippen molar-refractivity contribution in [3.05, 3.63) is 0 Å². The van der Waals surface area contributed by atoms with Crippen LogP contribution in [0.2, 0.25) is 0 Å². The van der Waals surface area contributed by atoms with Gasteiger partial charge in [0.05, 0.1) is 6.04 Å². The molecule has 7 heteroatoms. The van der Waals surface area contributed by atoms with Gasteiger partial charge in [0.1, 0.15) is 0 Å². The molecule has 5 N–H and O–H groups in total. The molecule has 18 heavy (non-hydrogen) atoms. The summed E-state index contributed by atoms with van der Waals surface area (Å²) in [4.78, 5) is 32.9. The van der Waals surface area contributed by atoms with Gasteiger partial charge < -0.3 is 21.5 Å². The van der Waals surface area contributed by atoms with Crippen molar-refractivity contribution in [1.29, 1.82) is 0 Å². The first-order chi connectivity index (χ1) is 8.34. The van der Waals surface area contributed by atoms with Crippen molar-refractivity contribution in [3.8, 4) is 0 Å². The van der Waals surface area contributed by atoms with E-state index in [4.69, 9.17) is 10.8 Å². The third-order valence-corrected chi connectivity index (χ3v) is 2.25. The average molecular weight is 259 g/mol. The van der Waals surface area contributed by atoms with Crippen LogP contribution in [0.15, 0.2) is 0 Å². The molecule has 0 heterocycles. The zero-order valence-electron chi connectivity index (χ0n) is 10.7. The second kappa shape index (κ2) is 8.46. The number of rotatable bonds is 8. The minimum Gasteiger partial charge on any atom is -0.481 e. The van der Waals surface area contributed by atoms with Gasteiger partial charge in [0.2, 0.25) is 11.8 Å². The van der Waals surface area contributed by atoms with Crippen LogP contribution < -0.4 is 16.4 Å². The van der Waals surface area contributed by atoms with Crippen LogP contribution >= 0.6 is 0 Å². The molecule has 1 atom stereocenters. The Balaban J connectivity index is 3.70. The highest BCUT2D eigenvalue weighted by Gasteiger charge is 2.14. The van der Waals surface area contributed by atoms with E-state index >= 15 is 0 Å². The number of carbonyl (C=O) groups excluding carboxylic acids is 2. The number of aliphatic carboxylic acids is 1. The molecular formula is C11H21N3O4. The topological polar surface area (TPSA) is 122 Å². The highest BCUT2D eigenvalue weighted by molar-refractivity contribution is 5.82. The quantitative estimate of drug-likeness (QED) is 0.419. The Bertz CT molecular complexity index is 305. The second-order valence-corrected chi connectivity index (χ2v) is 4.28. The molecule has 1 unspecified atom stereocenters. The van der Waals surface area contributed by atoms with Gasteiger partial charge >= 0.3 is 5.97 Å². The van der Waals surface area contributed by atoms with Crippen LogP contribution in [0.4, 0.5) is 0 Å². The molecule has 0 saturated carbocycles. The van der Waals surface area contributed by atoms with E-state index in [0.717, 1.165) is 0 Å². The van der Waals surface area contributed by atoms with Crippen molar-refractivity contribution in [1.82, 2.24) is 10.6 Å². The molecule has 0 aromatic carbocycles. The van der Waals surface area contributed by atoms with Gasteiger partial charge in [0, 0.05) is 25.4 Å². The maximum atomic E-state index is 11.4. The lowest BCUT2D eigenvalue weighted by atomic mass is 10.1. The summed E-state index contributed by atoms with van der Waals surface area (Å²) in [6, 6.07) is -0.832. The largest absolute Gasteiger partial charge is 0.481 e. The SMILES string of the molecule is CC(C)C(=O)NCCNC(=O)C(N)CCC(=O)O. The van der Waals surface area contributed by atoms with Gasteiger partial charge in [0.15, 0.2) is 0 Å². The summed E-state index contributed by atoms with van der Waals surface area (Å²) in [5.41, 5.74) is 5.49. The highest BCUT2D eigenvalue weighted by Crippen LogP contribution is 1.94. The predicted molar refractivity (Wildman–Crippen MR) is 65.7 cm³/mol. The molecule has 0 radical (unpaired) electrons. The van der Waals surface area contributed by atoms with E-state index in [9.17, 15) is 14.4 Å². The molecule has 0 fully saturated rings. The molecule has 0 aromatic heterocycles. The maximum Gasteiger partial charge on any atom is 0.303 e. The standard InChI is InChI=1S/C11H21N3O4/c1-7(2)10(17)13-5-6-14-11(18)8(12)3-4-9(15)16/h7-8H,3-6,12H2,1-2H3,(H,13,17)(H,14,18)(H,15,16). The van der Waals surface area contributed by atoms with Crippen molar-refractivity contribution in [2.75, 3.05) is 13.1 Å². The Morgan fingerprint density at radius 1 is 1.11 bits per heavy atom. The summed E-state index contributed by atoms with van der Waals surface area (Å²) in [6.45, 7) is 4.15. The van der Waals surface area contributed by atoms with Crippen LogP contribution in [0.25, 0.3) is 0 Å². The van der Waals surface area contributed by atoms with Crippen LogP contribution in [0.5, 0.6) is 0 Å². The first kappa shape index (κ1) is 16.4. The number of amides is 2. The molecule has 0 aliphatic heterocycles. The number of carbonyl (C=O) groups is 3. The van der Waals surface area contributed by atoms with Crippen molar-refractivity contribution < 1.29 is 19.5 Å². The van der Waals surface area contributed by atoms with Gasteiger partial charge in [0.25, 0.3) is 0 Å². The molecule has 0 spiro atoms. The minimum atomic E-state index is -0.984. The summed E-state index contributed by atoms with van der Waals surface area (Å²) in [5.74, 6) is -1.57. The molecule has 104 valence electrons. The minimum absolute atomic E-state index is 0.0839. The highest BCUT2D eigenvalue weighted by atomic mass is 16.4. The smallest absolute Gasteiger partial charge is 0.303 e. The van der Waals surface area contributed by atoms with Crippen LogP contribution in [0, 0.1) is 5.92 Å². The number of carboxylic acid groups (broad SMARTS) is 1. The maximum absolute atomic E-state index is 11.4. The zero-order valence-corrected chi connectivity index (χ0v) is 10.7. The molecule has 7 nitrogen and oxygen atoms in total. The number of nitrogens with two attached hydrogens (primary N) is 1. The molecule has 0 bridgehead atoms. The number of nitrogens with one attached hydrogen (secondary N) is 2. The van der Waals surface area contributed by atoms with Crippen molar-refractivity contribution in [2.24, 2.45) is 11.7 Å². The van der Waals surface area contributed by atoms with Gasteiger partial charge in [-0.3, -0.25) is 14.4 Å². The second-order valence-electron chi connectivity index (χ2n) is 4.28. The van der Waals surface area contributed by atoms with E-state index in [-0.39, 0.29) is 31.2 Å². The Morgan fingerprint density at radius 2 is 1.61 bits per heavy atom. The zero-order chi connectivity index (χ0) is 14.1. The summed E-state index contributed by atoms with van der Waals surface area (Å²) in [6.07, 6.45) is -0.0435. The monoisotopic (exact) mass is 259 g/mol. The fraction of sp³-hybridized carbons (Fsp3) is 0.727. The third kappa shape index (κ3) is 7.61. The van der Waals surface area contributed by atoms with Crippen molar-refractivity contribution in [2.45, 2.75) is 32.7 Å². The van der Waals surface area contributed by atoms with Crippen LogP contribution in [0.1, 0.15) is 26.7 Å². The van der Waals surface area contributed by atoms with Gasteiger partial charge in [-0.05, 0) is 6.42 Å². The van der Waals surface area contributed by atoms with E-state index in [2.05, 4.69) is 10.6 Å².